The summed E-state index contributed by atoms with van der Waals surface area (Å²) >= 11 is 0. The zero-order valence-electron chi connectivity index (χ0n) is 5.37. The molecule has 0 unspecified atom stereocenters. The highest BCUT2D eigenvalue weighted by Crippen LogP contribution is 2.05. The number of β-amino-alcohol motifs (C(OH)–C–C–N with tert-alkyl or cyclic N) is 1. The molecular formula is C5H10N2O3. The van der Waals surface area contributed by atoms with E-state index in [1.165, 1.54) is 5.48 Å². The van der Waals surface area contributed by atoms with Crippen molar-refractivity contribution in [1.82, 2.24) is 10.8 Å². The van der Waals surface area contributed by atoms with E-state index < -0.39 is 18.1 Å². The SMILES string of the molecule is O=C(NO)[C@@H]1C[C@@H](O)CN1. The summed E-state index contributed by atoms with van der Waals surface area (Å²) in [6.45, 7) is 0.415. The van der Waals surface area contributed by atoms with Crippen molar-refractivity contribution >= 4 is 5.91 Å². The lowest BCUT2D eigenvalue weighted by atomic mass is 10.2. The Hall–Kier alpha value is -0.650. The van der Waals surface area contributed by atoms with Crippen LogP contribution in [0.3, 0.4) is 0 Å². The first-order chi connectivity index (χ1) is 4.74. The maximum Gasteiger partial charge on any atom is 0.260 e. The number of hydrogen-bond donors (Lipinski definition) is 4. The van der Waals surface area contributed by atoms with Gasteiger partial charge in [-0.05, 0) is 6.42 Å². The van der Waals surface area contributed by atoms with Gasteiger partial charge in [-0.2, -0.15) is 0 Å². The fourth-order valence-electron chi connectivity index (χ4n) is 0.995. The van der Waals surface area contributed by atoms with Crippen molar-refractivity contribution in [3.8, 4) is 0 Å². The topological polar surface area (TPSA) is 81.6 Å². The van der Waals surface area contributed by atoms with Gasteiger partial charge in [0.1, 0.15) is 0 Å². The van der Waals surface area contributed by atoms with Crippen molar-refractivity contribution in [1.29, 1.82) is 0 Å². The quantitative estimate of drug-likeness (QED) is 0.260. The number of amides is 1. The van der Waals surface area contributed by atoms with Crippen LogP contribution in [0.1, 0.15) is 6.42 Å². The number of aliphatic hydroxyl groups is 1. The van der Waals surface area contributed by atoms with Gasteiger partial charge in [-0.25, -0.2) is 5.48 Å². The lowest BCUT2D eigenvalue weighted by Crippen LogP contribution is -2.38. The lowest BCUT2D eigenvalue weighted by Gasteiger charge is -2.04. The van der Waals surface area contributed by atoms with Crippen molar-refractivity contribution in [3.05, 3.63) is 0 Å². The van der Waals surface area contributed by atoms with Gasteiger partial charge >= 0.3 is 0 Å². The maximum atomic E-state index is 10.6. The van der Waals surface area contributed by atoms with Crippen LogP contribution < -0.4 is 10.8 Å². The van der Waals surface area contributed by atoms with Crippen LogP contribution in [0.25, 0.3) is 0 Å². The minimum Gasteiger partial charge on any atom is -0.392 e. The zero-order valence-corrected chi connectivity index (χ0v) is 5.37. The minimum absolute atomic E-state index is 0.367. The van der Waals surface area contributed by atoms with Crippen LogP contribution in [0.2, 0.25) is 0 Å². The summed E-state index contributed by atoms with van der Waals surface area (Å²) in [4.78, 5) is 10.6. The summed E-state index contributed by atoms with van der Waals surface area (Å²) in [7, 11) is 0. The Morgan fingerprint density at radius 1 is 1.70 bits per heavy atom. The molecular weight excluding hydrogens is 136 g/mol. The van der Waals surface area contributed by atoms with Gasteiger partial charge in [0, 0.05) is 6.54 Å². The monoisotopic (exact) mass is 146 g/mol. The average Bonchev–Trinajstić information content (AvgIpc) is 2.34. The molecule has 0 aromatic heterocycles. The van der Waals surface area contributed by atoms with Crippen LogP contribution in [0.4, 0.5) is 0 Å². The highest BCUT2D eigenvalue weighted by molar-refractivity contribution is 5.80. The molecule has 0 aliphatic carbocycles. The highest BCUT2D eigenvalue weighted by atomic mass is 16.5. The normalized spacial score (nSPS) is 32.2. The summed E-state index contributed by atoms with van der Waals surface area (Å²) < 4.78 is 0. The highest BCUT2D eigenvalue weighted by Gasteiger charge is 2.27. The Morgan fingerprint density at radius 2 is 2.40 bits per heavy atom. The number of aliphatic hydroxyl groups excluding tert-OH is 1. The van der Waals surface area contributed by atoms with Gasteiger partial charge in [-0.3, -0.25) is 10.0 Å². The summed E-state index contributed by atoms with van der Waals surface area (Å²) in [5.74, 6) is -0.489. The predicted octanol–water partition coefficient (Wildman–Crippen LogP) is -1.79. The molecule has 1 amide bonds. The molecule has 5 heteroatoms. The molecule has 4 N–H and O–H groups in total. The van der Waals surface area contributed by atoms with Gasteiger partial charge in [-0.15, -0.1) is 0 Å². The third-order valence-electron chi connectivity index (χ3n) is 1.53. The number of hydroxylamine groups is 1. The lowest BCUT2D eigenvalue weighted by molar-refractivity contribution is -0.131. The Bertz CT molecular complexity index is 139. The number of hydrogen-bond acceptors (Lipinski definition) is 4. The second-order valence-corrected chi connectivity index (χ2v) is 2.33. The van der Waals surface area contributed by atoms with E-state index in [9.17, 15) is 4.79 Å². The predicted molar refractivity (Wildman–Crippen MR) is 32.3 cm³/mol. The van der Waals surface area contributed by atoms with E-state index in [4.69, 9.17) is 10.3 Å². The van der Waals surface area contributed by atoms with Crippen LogP contribution >= 0.6 is 0 Å². The van der Waals surface area contributed by atoms with Gasteiger partial charge in [0.15, 0.2) is 0 Å². The van der Waals surface area contributed by atoms with Crippen molar-refractivity contribution in [3.63, 3.8) is 0 Å². The average molecular weight is 146 g/mol. The Labute approximate surface area is 58.0 Å². The van der Waals surface area contributed by atoms with E-state index >= 15 is 0 Å². The first kappa shape index (κ1) is 7.46. The molecule has 2 atom stereocenters. The first-order valence-corrected chi connectivity index (χ1v) is 3.09. The standard InChI is InChI=1S/C5H10N2O3/c8-3-1-4(6-2-3)5(9)7-10/h3-4,6,8,10H,1-2H2,(H,7,9)/t3-,4+/m1/s1. The molecule has 1 aliphatic heterocycles. The minimum atomic E-state index is -0.489. The number of rotatable bonds is 1. The second-order valence-electron chi connectivity index (χ2n) is 2.33. The Balaban J connectivity index is 2.37. The molecule has 5 nitrogen and oxygen atoms in total. The van der Waals surface area contributed by atoms with E-state index in [0.717, 1.165) is 0 Å². The van der Waals surface area contributed by atoms with E-state index in [-0.39, 0.29) is 0 Å². The smallest absolute Gasteiger partial charge is 0.260 e. The maximum absolute atomic E-state index is 10.6. The third kappa shape index (κ3) is 1.44. The van der Waals surface area contributed by atoms with Crippen molar-refractivity contribution < 1.29 is 15.1 Å². The molecule has 0 radical (unpaired) electrons. The number of carbonyl (C=O) groups excluding carboxylic acids is 1. The fraction of sp³-hybridized carbons (Fsp3) is 0.800. The molecule has 58 valence electrons. The molecule has 1 rings (SSSR count). The molecule has 1 heterocycles. The number of nitrogens with one attached hydrogen (secondary N) is 2. The Kier molecular flexibility index (Phi) is 2.21. The van der Waals surface area contributed by atoms with Gasteiger partial charge in [-0.1, -0.05) is 0 Å². The van der Waals surface area contributed by atoms with Gasteiger partial charge < -0.3 is 10.4 Å². The van der Waals surface area contributed by atoms with E-state index in [2.05, 4.69) is 5.32 Å². The van der Waals surface area contributed by atoms with Crippen molar-refractivity contribution in [2.45, 2.75) is 18.6 Å². The van der Waals surface area contributed by atoms with Crippen LogP contribution in [-0.4, -0.2) is 34.9 Å². The first-order valence-electron chi connectivity index (χ1n) is 3.09. The Morgan fingerprint density at radius 3 is 2.80 bits per heavy atom. The van der Waals surface area contributed by atoms with Crippen molar-refractivity contribution in [2.24, 2.45) is 0 Å². The van der Waals surface area contributed by atoms with Gasteiger partial charge in [0.2, 0.25) is 0 Å². The van der Waals surface area contributed by atoms with Crippen LogP contribution in [0.5, 0.6) is 0 Å². The largest absolute Gasteiger partial charge is 0.392 e. The van der Waals surface area contributed by atoms with Gasteiger partial charge in [0.25, 0.3) is 5.91 Å². The molecule has 1 saturated heterocycles. The van der Waals surface area contributed by atoms with E-state index in [0.29, 0.717) is 13.0 Å². The second kappa shape index (κ2) is 2.96. The third-order valence-corrected chi connectivity index (χ3v) is 1.53. The molecule has 0 aromatic rings. The molecule has 10 heavy (non-hydrogen) atoms. The fourth-order valence-corrected chi connectivity index (χ4v) is 0.995. The summed E-state index contributed by atoms with van der Waals surface area (Å²) in [5, 5.41) is 19.8. The molecule has 1 aliphatic rings. The van der Waals surface area contributed by atoms with E-state index in [1.807, 2.05) is 0 Å². The zero-order chi connectivity index (χ0) is 7.56. The molecule has 1 fully saturated rings. The molecule has 0 bridgehead atoms. The van der Waals surface area contributed by atoms with Crippen LogP contribution in [0.15, 0.2) is 0 Å². The molecule has 0 saturated carbocycles. The molecule has 0 spiro atoms. The van der Waals surface area contributed by atoms with E-state index in [1.54, 1.807) is 0 Å². The van der Waals surface area contributed by atoms with Gasteiger partial charge in [0.05, 0.1) is 12.1 Å². The number of carbonyl (C=O) groups is 1. The molecule has 0 aromatic carbocycles. The summed E-state index contributed by atoms with van der Waals surface area (Å²) in [6, 6.07) is -0.444. The van der Waals surface area contributed by atoms with Crippen LogP contribution in [-0.2, 0) is 4.79 Å². The van der Waals surface area contributed by atoms with Crippen molar-refractivity contribution in [2.75, 3.05) is 6.54 Å². The summed E-state index contributed by atoms with van der Waals surface area (Å²) in [5.41, 5.74) is 1.51. The summed E-state index contributed by atoms with van der Waals surface area (Å²) in [6.07, 6.45) is -0.103. The van der Waals surface area contributed by atoms with Crippen LogP contribution in [0, 0.1) is 0 Å².